The van der Waals surface area contributed by atoms with Gasteiger partial charge in [-0.25, -0.2) is 4.79 Å². The molecule has 0 heterocycles. The zero-order valence-corrected chi connectivity index (χ0v) is 15.8. The van der Waals surface area contributed by atoms with Crippen molar-refractivity contribution in [2.75, 3.05) is 18.7 Å². The number of ether oxygens (including phenoxy) is 2. The smallest absolute Gasteiger partial charge is 0.456 e. The minimum atomic E-state index is -4.57. The molecule has 0 aliphatic heterocycles. The van der Waals surface area contributed by atoms with Crippen LogP contribution in [0.15, 0.2) is 36.4 Å². The number of alkyl halides is 3. The van der Waals surface area contributed by atoms with Crippen molar-refractivity contribution < 1.29 is 37.2 Å². The molecule has 2 rings (SSSR count). The Labute approximate surface area is 167 Å². The average Bonchev–Trinajstić information content (AvgIpc) is 2.62. The predicted octanol–water partition coefficient (Wildman–Crippen LogP) is 5.58. The lowest BCUT2D eigenvalue weighted by molar-refractivity contribution is -0.384. The van der Waals surface area contributed by atoms with Crippen molar-refractivity contribution in [2.45, 2.75) is 13.1 Å². The number of nitrogens with zero attached hydrogens (tertiary/aromatic N) is 2. The molecule has 0 radical (unpaired) electrons. The fraction of sp³-hybridized carbons (Fsp3) is 0.235. The van der Waals surface area contributed by atoms with Crippen LogP contribution >= 0.6 is 11.6 Å². The van der Waals surface area contributed by atoms with Crippen LogP contribution < -0.4 is 9.80 Å². The Hall–Kier alpha value is -3.21. The molecule has 0 saturated carbocycles. The van der Waals surface area contributed by atoms with E-state index >= 15 is 0 Å². The topological polar surface area (TPSA) is 91.1 Å². The van der Waals surface area contributed by atoms with E-state index in [1.54, 1.807) is 6.92 Å². The molecule has 0 spiro atoms. The molecule has 0 fully saturated rings. The first-order valence-electron chi connectivity index (χ1n) is 7.94. The molecule has 0 saturated heterocycles. The molecule has 2 aromatic carbocycles. The third-order valence-electron chi connectivity index (χ3n) is 3.44. The van der Waals surface area contributed by atoms with Gasteiger partial charge in [0.1, 0.15) is 11.5 Å². The van der Waals surface area contributed by atoms with E-state index in [-0.39, 0.29) is 28.8 Å². The molecule has 0 aliphatic rings. The summed E-state index contributed by atoms with van der Waals surface area (Å²) < 4.78 is 48.2. The van der Waals surface area contributed by atoms with Crippen LogP contribution in [0.5, 0.6) is 11.5 Å². The highest BCUT2D eigenvalue weighted by Gasteiger charge is 2.31. The number of anilines is 1. The van der Waals surface area contributed by atoms with Crippen molar-refractivity contribution in [3.8, 4) is 11.5 Å². The quantitative estimate of drug-likeness (QED) is 0.333. The van der Waals surface area contributed by atoms with E-state index in [4.69, 9.17) is 21.2 Å². The second kappa shape index (κ2) is 8.86. The van der Waals surface area contributed by atoms with Crippen molar-refractivity contribution in [2.24, 2.45) is 0 Å². The SMILES string of the molecule is CCOC(=O)ON(C)c1cc(Oc2ccc(C(F)(F)F)cc2Cl)ccc1[N+](=O)[O-]. The zero-order valence-electron chi connectivity index (χ0n) is 15.0. The maximum atomic E-state index is 12.7. The standard InChI is InChI=1S/C17H14ClF3N2O6/c1-3-27-16(24)29-22(2)14-9-11(5-6-13(14)23(25)26)28-15-7-4-10(8-12(15)18)17(19,20)21/h4-9H,3H2,1-2H3. The normalized spacial score (nSPS) is 11.0. The van der Waals surface area contributed by atoms with Gasteiger partial charge in [-0.2, -0.15) is 18.2 Å². The van der Waals surface area contributed by atoms with Crippen LogP contribution in [0.25, 0.3) is 0 Å². The van der Waals surface area contributed by atoms with Gasteiger partial charge in [-0.15, -0.1) is 0 Å². The minimum Gasteiger partial charge on any atom is -0.456 e. The van der Waals surface area contributed by atoms with Crippen molar-refractivity contribution in [1.82, 2.24) is 0 Å². The van der Waals surface area contributed by atoms with Crippen molar-refractivity contribution in [3.63, 3.8) is 0 Å². The van der Waals surface area contributed by atoms with Crippen LogP contribution in [-0.2, 0) is 15.8 Å². The molecule has 2 aromatic rings. The molecule has 0 atom stereocenters. The Kier molecular flexibility index (Phi) is 6.75. The predicted molar refractivity (Wildman–Crippen MR) is 96.1 cm³/mol. The van der Waals surface area contributed by atoms with Gasteiger partial charge in [0.15, 0.2) is 5.69 Å². The summed E-state index contributed by atoms with van der Waals surface area (Å²) in [5, 5.41) is 11.7. The van der Waals surface area contributed by atoms with Crippen molar-refractivity contribution in [3.05, 3.63) is 57.1 Å². The third-order valence-corrected chi connectivity index (χ3v) is 3.74. The molecule has 156 valence electrons. The number of carbonyl (C=O) groups excluding carboxylic acids is 1. The Morgan fingerprint density at radius 1 is 1.24 bits per heavy atom. The Morgan fingerprint density at radius 2 is 1.93 bits per heavy atom. The van der Waals surface area contributed by atoms with Gasteiger partial charge in [0.25, 0.3) is 5.69 Å². The third kappa shape index (κ3) is 5.64. The van der Waals surface area contributed by atoms with E-state index in [0.717, 1.165) is 29.3 Å². The summed E-state index contributed by atoms with van der Waals surface area (Å²) >= 11 is 5.84. The number of hydrogen-bond acceptors (Lipinski definition) is 7. The lowest BCUT2D eigenvalue weighted by Gasteiger charge is -2.18. The molecular weight excluding hydrogens is 421 g/mol. The molecule has 0 unspecified atom stereocenters. The molecule has 0 aliphatic carbocycles. The van der Waals surface area contributed by atoms with Gasteiger partial charge in [0.05, 0.1) is 22.1 Å². The maximum absolute atomic E-state index is 12.7. The van der Waals surface area contributed by atoms with Crippen LogP contribution in [0.2, 0.25) is 5.02 Å². The highest BCUT2D eigenvalue weighted by Crippen LogP contribution is 2.38. The first-order valence-corrected chi connectivity index (χ1v) is 8.32. The lowest BCUT2D eigenvalue weighted by Crippen LogP contribution is -2.24. The van der Waals surface area contributed by atoms with E-state index in [2.05, 4.69) is 4.74 Å². The largest absolute Gasteiger partial charge is 0.533 e. The lowest BCUT2D eigenvalue weighted by atomic mass is 10.2. The number of nitro groups is 1. The first-order chi connectivity index (χ1) is 13.5. The van der Waals surface area contributed by atoms with E-state index in [1.165, 1.54) is 13.1 Å². The molecule has 29 heavy (non-hydrogen) atoms. The maximum Gasteiger partial charge on any atom is 0.533 e. The molecule has 8 nitrogen and oxygen atoms in total. The monoisotopic (exact) mass is 434 g/mol. The number of hydrogen-bond donors (Lipinski definition) is 0. The Balaban J connectivity index is 2.33. The summed E-state index contributed by atoms with van der Waals surface area (Å²) in [5.74, 6) is -0.0972. The van der Waals surface area contributed by atoms with Gasteiger partial charge < -0.3 is 14.3 Å². The minimum absolute atomic E-state index is 0.00608. The van der Waals surface area contributed by atoms with Crippen LogP contribution in [0.1, 0.15) is 12.5 Å². The number of halogens is 4. The number of hydroxylamine groups is 1. The summed E-state index contributed by atoms with van der Waals surface area (Å²) in [6.45, 7) is 1.58. The van der Waals surface area contributed by atoms with E-state index < -0.39 is 28.5 Å². The molecule has 12 heteroatoms. The van der Waals surface area contributed by atoms with Gasteiger partial charge in [-0.3, -0.25) is 10.1 Å². The van der Waals surface area contributed by atoms with Crippen LogP contribution in [0, 0.1) is 10.1 Å². The van der Waals surface area contributed by atoms with Crippen molar-refractivity contribution >= 4 is 29.1 Å². The number of benzene rings is 2. The van der Waals surface area contributed by atoms with Gasteiger partial charge in [-0.1, -0.05) is 11.6 Å². The van der Waals surface area contributed by atoms with Gasteiger partial charge >= 0.3 is 12.3 Å². The highest BCUT2D eigenvalue weighted by atomic mass is 35.5. The Morgan fingerprint density at radius 3 is 2.48 bits per heavy atom. The molecule has 0 aromatic heterocycles. The van der Waals surface area contributed by atoms with E-state index in [0.29, 0.717) is 6.07 Å². The fourth-order valence-corrected chi connectivity index (χ4v) is 2.38. The average molecular weight is 435 g/mol. The summed E-state index contributed by atoms with van der Waals surface area (Å²) in [4.78, 5) is 26.8. The summed E-state index contributed by atoms with van der Waals surface area (Å²) in [6.07, 6.45) is -5.66. The second-order valence-electron chi connectivity index (χ2n) is 5.42. The van der Waals surface area contributed by atoms with E-state index in [1.807, 2.05) is 0 Å². The number of rotatable bonds is 6. The zero-order chi connectivity index (χ0) is 21.8. The molecule has 0 N–H and O–H groups in total. The Bertz CT molecular complexity index is 923. The van der Waals surface area contributed by atoms with Gasteiger partial charge in [0.2, 0.25) is 0 Å². The fourth-order valence-electron chi connectivity index (χ4n) is 2.17. The number of nitro benzene ring substituents is 1. The van der Waals surface area contributed by atoms with Gasteiger partial charge in [0, 0.05) is 19.2 Å². The highest BCUT2D eigenvalue weighted by molar-refractivity contribution is 6.32. The summed E-state index contributed by atoms with van der Waals surface area (Å²) in [6, 6.07) is 5.95. The molecule has 0 bridgehead atoms. The second-order valence-corrected chi connectivity index (χ2v) is 5.83. The summed E-state index contributed by atoms with van der Waals surface area (Å²) in [5.41, 5.74) is -1.53. The van der Waals surface area contributed by atoms with Gasteiger partial charge in [-0.05, 0) is 31.2 Å². The number of carbonyl (C=O) groups is 1. The van der Waals surface area contributed by atoms with Crippen LogP contribution in [0.4, 0.5) is 29.3 Å². The van der Waals surface area contributed by atoms with Crippen molar-refractivity contribution in [1.29, 1.82) is 0 Å². The molecule has 0 amide bonds. The first kappa shape index (κ1) is 22.1. The molecular formula is C17H14ClF3N2O6. The van der Waals surface area contributed by atoms with Crippen LogP contribution in [0.3, 0.4) is 0 Å². The van der Waals surface area contributed by atoms with Crippen LogP contribution in [-0.4, -0.2) is 24.7 Å². The van der Waals surface area contributed by atoms with E-state index in [9.17, 15) is 28.1 Å². The summed E-state index contributed by atoms with van der Waals surface area (Å²) in [7, 11) is 1.23.